The Bertz CT molecular complexity index is 1040. The molecular weight excluding hydrogens is 360 g/mol. The summed E-state index contributed by atoms with van der Waals surface area (Å²) >= 11 is 0. The van der Waals surface area contributed by atoms with Crippen molar-refractivity contribution in [1.29, 1.82) is 0 Å². The molecule has 0 fully saturated rings. The highest BCUT2D eigenvalue weighted by Crippen LogP contribution is 2.23. The molecule has 0 aromatic heterocycles. The van der Waals surface area contributed by atoms with Crippen LogP contribution in [0.2, 0.25) is 0 Å². The molecule has 0 saturated heterocycles. The van der Waals surface area contributed by atoms with E-state index in [0.29, 0.717) is 17.4 Å². The van der Waals surface area contributed by atoms with E-state index in [0.717, 1.165) is 12.1 Å². The number of sulfonamides is 1. The van der Waals surface area contributed by atoms with Gasteiger partial charge in [0.2, 0.25) is 0 Å². The van der Waals surface area contributed by atoms with Gasteiger partial charge in [-0.3, -0.25) is 4.72 Å². The van der Waals surface area contributed by atoms with Crippen molar-refractivity contribution in [2.24, 2.45) is 10.2 Å². The number of hydrogen-bond donors (Lipinski definition) is 1. The molecule has 0 spiro atoms. The van der Waals surface area contributed by atoms with Gasteiger partial charge in [-0.15, -0.1) is 0 Å². The third kappa shape index (κ3) is 4.28. The smallest absolute Gasteiger partial charge is 0.264 e. The topological polar surface area (TPSA) is 70.9 Å². The Labute approximate surface area is 149 Å². The van der Waals surface area contributed by atoms with Gasteiger partial charge in [0, 0.05) is 5.69 Å². The Balaban J connectivity index is 1.77. The minimum atomic E-state index is -4.25. The van der Waals surface area contributed by atoms with Crippen molar-refractivity contribution in [1.82, 2.24) is 0 Å². The molecule has 3 aromatic carbocycles. The van der Waals surface area contributed by atoms with E-state index >= 15 is 0 Å². The van der Waals surface area contributed by atoms with Gasteiger partial charge in [0.25, 0.3) is 10.0 Å². The highest BCUT2D eigenvalue weighted by atomic mass is 32.2. The first-order chi connectivity index (χ1) is 12.4. The molecule has 3 rings (SSSR count). The molecule has 0 saturated carbocycles. The number of rotatable bonds is 5. The summed E-state index contributed by atoms with van der Waals surface area (Å²) in [5.41, 5.74) is 1.37. The van der Waals surface area contributed by atoms with Gasteiger partial charge in [-0.1, -0.05) is 18.2 Å². The summed E-state index contributed by atoms with van der Waals surface area (Å²) in [6.45, 7) is 0. The fourth-order valence-electron chi connectivity index (χ4n) is 2.10. The SMILES string of the molecule is O=S(=O)(Nc1ccc(N=Nc2ccccc2)cc1)c1cc(F)ccc1F. The van der Waals surface area contributed by atoms with E-state index in [9.17, 15) is 17.2 Å². The van der Waals surface area contributed by atoms with Gasteiger partial charge in [0.1, 0.15) is 16.5 Å². The number of anilines is 1. The highest BCUT2D eigenvalue weighted by Gasteiger charge is 2.20. The van der Waals surface area contributed by atoms with Gasteiger partial charge in [-0.2, -0.15) is 10.2 Å². The molecule has 0 unspecified atom stereocenters. The van der Waals surface area contributed by atoms with Gasteiger partial charge >= 0.3 is 0 Å². The molecule has 1 N–H and O–H groups in total. The van der Waals surface area contributed by atoms with Gasteiger partial charge in [-0.25, -0.2) is 17.2 Å². The second-order valence-corrected chi connectivity index (χ2v) is 6.91. The number of nitrogens with one attached hydrogen (secondary N) is 1. The van der Waals surface area contributed by atoms with E-state index in [1.807, 2.05) is 18.2 Å². The van der Waals surface area contributed by atoms with Crippen molar-refractivity contribution in [3.8, 4) is 0 Å². The lowest BCUT2D eigenvalue weighted by molar-refractivity contribution is 0.555. The van der Waals surface area contributed by atoms with Gasteiger partial charge in [0.15, 0.2) is 0 Å². The maximum Gasteiger partial charge on any atom is 0.264 e. The second kappa shape index (κ2) is 7.40. The van der Waals surface area contributed by atoms with E-state index in [1.54, 1.807) is 24.3 Å². The zero-order chi connectivity index (χ0) is 18.6. The summed E-state index contributed by atoms with van der Waals surface area (Å²) in [6.07, 6.45) is 0. The lowest BCUT2D eigenvalue weighted by Crippen LogP contribution is -2.14. The predicted molar refractivity (Wildman–Crippen MR) is 94.2 cm³/mol. The quantitative estimate of drug-likeness (QED) is 0.626. The van der Waals surface area contributed by atoms with Crippen LogP contribution in [0.4, 0.5) is 25.8 Å². The van der Waals surface area contributed by atoms with Crippen molar-refractivity contribution < 1.29 is 17.2 Å². The molecule has 0 aliphatic heterocycles. The number of azo groups is 1. The van der Waals surface area contributed by atoms with Crippen LogP contribution < -0.4 is 4.72 Å². The van der Waals surface area contributed by atoms with Crippen LogP contribution in [0.3, 0.4) is 0 Å². The largest absolute Gasteiger partial charge is 0.280 e. The number of nitrogens with zero attached hydrogens (tertiary/aromatic N) is 2. The monoisotopic (exact) mass is 373 g/mol. The molecule has 0 bridgehead atoms. The third-order valence-electron chi connectivity index (χ3n) is 3.34. The first-order valence-electron chi connectivity index (χ1n) is 7.49. The van der Waals surface area contributed by atoms with Gasteiger partial charge < -0.3 is 0 Å². The Hall–Kier alpha value is -3.13. The summed E-state index contributed by atoms with van der Waals surface area (Å²) in [5.74, 6) is -1.88. The Morgan fingerprint density at radius 1 is 0.769 bits per heavy atom. The molecule has 3 aromatic rings. The molecule has 26 heavy (non-hydrogen) atoms. The first kappa shape index (κ1) is 17.7. The fourth-order valence-corrected chi connectivity index (χ4v) is 3.25. The normalized spacial score (nSPS) is 11.6. The summed E-state index contributed by atoms with van der Waals surface area (Å²) in [7, 11) is -4.25. The van der Waals surface area contributed by atoms with Crippen LogP contribution in [0.1, 0.15) is 0 Å². The molecule has 0 radical (unpaired) electrons. The number of benzene rings is 3. The molecule has 0 aliphatic rings. The van der Waals surface area contributed by atoms with E-state index in [1.165, 1.54) is 12.1 Å². The van der Waals surface area contributed by atoms with E-state index in [2.05, 4.69) is 15.0 Å². The lowest BCUT2D eigenvalue weighted by atomic mass is 10.3. The number of hydrogen-bond acceptors (Lipinski definition) is 4. The predicted octanol–water partition coefficient (Wildman–Crippen LogP) is 5.18. The maximum atomic E-state index is 13.7. The van der Waals surface area contributed by atoms with E-state index < -0.39 is 26.6 Å². The molecule has 0 atom stereocenters. The average molecular weight is 373 g/mol. The van der Waals surface area contributed by atoms with Crippen LogP contribution in [0, 0.1) is 11.6 Å². The maximum absolute atomic E-state index is 13.7. The number of halogens is 2. The summed E-state index contributed by atoms with van der Waals surface area (Å²) < 4.78 is 53.5. The standard InChI is InChI=1S/C18H13F2N3O2S/c19-13-6-11-17(20)18(12-13)26(24,25)23-16-9-7-15(8-10-16)22-21-14-4-2-1-3-5-14/h1-12,23H. The molecule has 0 heterocycles. The Kier molecular flexibility index (Phi) is 5.04. The Morgan fingerprint density at radius 2 is 1.38 bits per heavy atom. The molecule has 8 heteroatoms. The Morgan fingerprint density at radius 3 is 2.04 bits per heavy atom. The molecular formula is C18H13F2N3O2S. The van der Waals surface area contributed by atoms with Crippen LogP contribution in [0.5, 0.6) is 0 Å². The third-order valence-corrected chi connectivity index (χ3v) is 4.74. The minimum Gasteiger partial charge on any atom is -0.280 e. The first-order valence-corrected chi connectivity index (χ1v) is 8.97. The minimum absolute atomic E-state index is 0.187. The van der Waals surface area contributed by atoms with Crippen molar-refractivity contribution in [2.45, 2.75) is 4.90 Å². The van der Waals surface area contributed by atoms with Gasteiger partial charge in [0.05, 0.1) is 11.4 Å². The molecule has 0 amide bonds. The van der Waals surface area contributed by atoms with Crippen molar-refractivity contribution in [3.05, 3.63) is 84.4 Å². The molecule has 5 nitrogen and oxygen atoms in total. The lowest BCUT2D eigenvalue weighted by Gasteiger charge is -2.09. The van der Waals surface area contributed by atoms with Crippen LogP contribution in [0.25, 0.3) is 0 Å². The van der Waals surface area contributed by atoms with Crippen LogP contribution >= 0.6 is 0 Å². The molecule has 132 valence electrons. The van der Waals surface area contributed by atoms with Crippen LogP contribution in [-0.2, 0) is 10.0 Å². The fraction of sp³-hybridized carbons (Fsp3) is 0. The second-order valence-electron chi connectivity index (χ2n) is 5.26. The van der Waals surface area contributed by atoms with E-state index in [-0.39, 0.29) is 5.69 Å². The van der Waals surface area contributed by atoms with E-state index in [4.69, 9.17) is 0 Å². The van der Waals surface area contributed by atoms with Crippen molar-refractivity contribution >= 4 is 27.1 Å². The summed E-state index contributed by atoms with van der Waals surface area (Å²) in [5, 5.41) is 8.08. The summed E-state index contributed by atoms with van der Waals surface area (Å²) in [4.78, 5) is -0.759. The van der Waals surface area contributed by atoms with Crippen molar-refractivity contribution in [2.75, 3.05) is 4.72 Å². The zero-order valence-corrected chi connectivity index (χ0v) is 14.1. The van der Waals surface area contributed by atoms with Crippen LogP contribution in [-0.4, -0.2) is 8.42 Å². The zero-order valence-electron chi connectivity index (χ0n) is 13.3. The molecule has 0 aliphatic carbocycles. The highest BCUT2D eigenvalue weighted by molar-refractivity contribution is 7.92. The van der Waals surface area contributed by atoms with Crippen molar-refractivity contribution in [3.63, 3.8) is 0 Å². The van der Waals surface area contributed by atoms with Gasteiger partial charge in [-0.05, 0) is 54.6 Å². The van der Waals surface area contributed by atoms with Crippen LogP contribution in [0.15, 0.2) is 87.9 Å². The summed E-state index contributed by atoms with van der Waals surface area (Å²) in [6, 6.07) is 17.3. The average Bonchev–Trinajstić information content (AvgIpc) is 2.64.